The zero-order valence-electron chi connectivity index (χ0n) is 11.5. The molecule has 0 radical (unpaired) electrons. The van der Waals surface area contributed by atoms with Gasteiger partial charge in [0.1, 0.15) is 0 Å². The summed E-state index contributed by atoms with van der Waals surface area (Å²) in [5.74, 6) is 0.0476. The van der Waals surface area contributed by atoms with Crippen molar-refractivity contribution in [3.8, 4) is 0 Å². The van der Waals surface area contributed by atoms with E-state index in [0.717, 1.165) is 44.1 Å². The molecule has 2 aliphatic carbocycles. The predicted octanol–water partition coefficient (Wildman–Crippen LogP) is 2.79. The van der Waals surface area contributed by atoms with Crippen molar-refractivity contribution in [3.05, 3.63) is 34.9 Å². The summed E-state index contributed by atoms with van der Waals surface area (Å²) in [5.41, 5.74) is -0.0445. The lowest BCUT2D eigenvalue weighted by Crippen LogP contribution is -2.54. The normalized spacial score (nSPS) is 22.5. The SMILES string of the molecule is O=C(NCC1(O)CCC1)C1(c2ccc(Cl)cc2)CCC1. The second-order valence-electron chi connectivity index (χ2n) is 6.20. The van der Waals surface area contributed by atoms with Gasteiger partial charge >= 0.3 is 0 Å². The number of hydrogen-bond donors (Lipinski definition) is 2. The van der Waals surface area contributed by atoms with Gasteiger partial charge in [-0.3, -0.25) is 4.79 Å². The Labute approximate surface area is 124 Å². The molecule has 2 saturated carbocycles. The summed E-state index contributed by atoms with van der Waals surface area (Å²) in [6, 6.07) is 7.56. The summed E-state index contributed by atoms with van der Waals surface area (Å²) in [6.07, 6.45) is 5.45. The Hall–Kier alpha value is -1.06. The molecule has 0 aromatic heterocycles. The first-order valence-corrected chi connectivity index (χ1v) is 7.69. The van der Waals surface area contributed by atoms with Crippen LogP contribution in [-0.2, 0) is 10.2 Å². The number of halogens is 1. The molecule has 0 unspecified atom stereocenters. The van der Waals surface area contributed by atoms with E-state index in [9.17, 15) is 9.90 Å². The van der Waals surface area contributed by atoms with Crippen LogP contribution in [0.15, 0.2) is 24.3 Å². The fourth-order valence-electron chi connectivity index (χ4n) is 3.12. The number of carbonyl (C=O) groups is 1. The monoisotopic (exact) mass is 293 g/mol. The second-order valence-corrected chi connectivity index (χ2v) is 6.64. The van der Waals surface area contributed by atoms with Crippen LogP contribution in [0.5, 0.6) is 0 Å². The third-order valence-electron chi connectivity index (χ3n) is 4.90. The Morgan fingerprint density at radius 3 is 2.20 bits per heavy atom. The fraction of sp³-hybridized carbons (Fsp3) is 0.562. The predicted molar refractivity (Wildman–Crippen MR) is 78.8 cm³/mol. The first-order chi connectivity index (χ1) is 9.54. The minimum Gasteiger partial charge on any atom is -0.388 e. The van der Waals surface area contributed by atoms with Gasteiger partial charge in [0.05, 0.1) is 11.0 Å². The van der Waals surface area contributed by atoms with E-state index in [2.05, 4.69) is 5.32 Å². The molecule has 0 atom stereocenters. The first kappa shape index (κ1) is 13.9. The lowest BCUT2D eigenvalue weighted by Gasteiger charge is -2.43. The number of amides is 1. The molecule has 108 valence electrons. The van der Waals surface area contributed by atoms with Crippen LogP contribution < -0.4 is 5.32 Å². The van der Waals surface area contributed by atoms with E-state index in [1.807, 2.05) is 24.3 Å². The molecule has 0 bridgehead atoms. The van der Waals surface area contributed by atoms with Gasteiger partial charge in [0.15, 0.2) is 0 Å². The molecule has 2 aliphatic rings. The molecule has 2 fully saturated rings. The van der Waals surface area contributed by atoms with E-state index < -0.39 is 11.0 Å². The summed E-state index contributed by atoms with van der Waals surface area (Å²) in [7, 11) is 0. The maximum absolute atomic E-state index is 12.6. The highest BCUT2D eigenvalue weighted by Gasteiger charge is 2.46. The van der Waals surface area contributed by atoms with Crippen molar-refractivity contribution in [3.63, 3.8) is 0 Å². The van der Waals surface area contributed by atoms with Crippen molar-refractivity contribution in [1.82, 2.24) is 5.32 Å². The van der Waals surface area contributed by atoms with Gasteiger partial charge in [0, 0.05) is 11.6 Å². The van der Waals surface area contributed by atoms with Gasteiger partial charge < -0.3 is 10.4 Å². The molecular formula is C16H20ClNO2. The van der Waals surface area contributed by atoms with Gasteiger partial charge in [0.2, 0.25) is 5.91 Å². The summed E-state index contributed by atoms with van der Waals surface area (Å²) < 4.78 is 0. The molecule has 0 spiro atoms. The van der Waals surface area contributed by atoms with E-state index in [0.29, 0.717) is 11.6 Å². The lowest BCUT2D eigenvalue weighted by atomic mass is 9.63. The van der Waals surface area contributed by atoms with Crippen molar-refractivity contribution >= 4 is 17.5 Å². The smallest absolute Gasteiger partial charge is 0.230 e. The Kier molecular flexibility index (Phi) is 3.51. The molecule has 20 heavy (non-hydrogen) atoms. The number of benzene rings is 1. The molecule has 1 aromatic carbocycles. The van der Waals surface area contributed by atoms with Crippen LogP contribution in [0, 0.1) is 0 Å². The molecule has 0 heterocycles. The molecule has 1 amide bonds. The highest BCUT2D eigenvalue weighted by molar-refractivity contribution is 6.30. The topological polar surface area (TPSA) is 49.3 Å². The Morgan fingerprint density at radius 2 is 1.75 bits per heavy atom. The van der Waals surface area contributed by atoms with Crippen LogP contribution in [0.25, 0.3) is 0 Å². The lowest BCUT2D eigenvalue weighted by molar-refractivity contribution is -0.132. The molecule has 1 aromatic rings. The number of hydrogen-bond acceptors (Lipinski definition) is 2. The maximum atomic E-state index is 12.6. The number of nitrogens with one attached hydrogen (secondary N) is 1. The highest BCUT2D eigenvalue weighted by Crippen LogP contribution is 2.44. The van der Waals surface area contributed by atoms with Crippen molar-refractivity contribution < 1.29 is 9.90 Å². The van der Waals surface area contributed by atoms with Gasteiger partial charge in [0.25, 0.3) is 0 Å². The number of rotatable bonds is 4. The standard InChI is InChI=1S/C16H20ClNO2/c17-13-5-3-12(4-6-13)16(9-2-10-16)14(19)18-11-15(20)7-1-8-15/h3-6,20H,1-2,7-11H2,(H,18,19). The van der Waals surface area contributed by atoms with Crippen molar-refractivity contribution in [2.45, 2.75) is 49.5 Å². The minimum absolute atomic E-state index is 0.0476. The van der Waals surface area contributed by atoms with E-state index in [-0.39, 0.29) is 5.91 Å². The van der Waals surface area contributed by atoms with Crippen LogP contribution in [0.3, 0.4) is 0 Å². The Bertz CT molecular complexity index is 504. The fourth-order valence-corrected chi connectivity index (χ4v) is 3.25. The Morgan fingerprint density at radius 1 is 1.15 bits per heavy atom. The number of carbonyl (C=O) groups excluding carboxylic acids is 1. The van der Waals surface area contributed by atoms with E-state index in [1.165, 1.54) is 0 Å². The zero-order chi connectivity index (χ0) is 14.2. The third kappa shape index (κ3) is 2.33. The summed E-state index contributed by atoms with van der Waals surface area (Å²) in [4.78, 5) is 12.6. The van der Waals surface area contributed by atoms with Gasteiger partial charge in [-0.1, -0.05) is 30.2 Å². The largest absolute Gasteiger partial charge is 0.388 e. The summed E-state index contributed by atoms with van der Waals surface area (Å²) in [5, 5.41) is 13.7. The van der Waals surface area contributed by atoms with Gasteiger partial charge in [-0.05, 0) is 49.8 Å². The minimum atomic E-state index is -0.666. The summed E-state index contributed by atoms with van der Waals surface area (Å²) >= 11 is 5.92. The number of aliphatic hydroxyl groups is 1. The molecule has 0 aliphatic heterocycles. The van der Waals surface area contributed by atoms with E-state index >= 15 is 0 Å². The van der Waals surface area contributed by atoms with Crippen LogP contribution in [0.4, 0.5) is 0 Å². The van der Waals surface area contributed by atoms with Gasteiger partial charge in [-0.25, -0.2) is 0 Å². The van der Waals surface area contributed by atoms with Crippen molar-refractivity contribution in [2.24, 2.45) is 0 Å². The van der Waals surface area contributed by atoms with Crippen LogP contribution >= 0.6 is 11.6 Å². The van der Waals surface area contributed by atoms with Crippen LogP contribution in [0.2, 0.25) is 5.02 Å². The summed E-state index contributed by atoms with van der Waals surface area (Å²) in [6.45, 7) is 0.376. The third-order valence-corrected chi connectivity index (χ3v) is 5.15. The average Bonchev–Trinajstić information content (AvgIpc) is 2.35. The van der Waals surface area contributed by atoms with Crippen LogP contribution in [-0.4, -0.2) is 23.2 Å². The molecule has 2 N–H and O–H groups in total. The maximum Gasteiger partial charge on any atom is 0.230 e. The molecule has 4 heteroatoms. The molecular weight excluding hydrogens is 274 g/mol. The Balaban J connectivity index is 1.71. The van der Waals surface area contributed by atoms with Gasteiger partial charge in [-0.2, -0.15) is 0 Å². The molecule has 0 saturated heterocycles. The van der Waals surface area contributed by atoms with Crippen molar-refractivity contribution in [2.75, 3.05) is 6.54 Å². The highest BCUT2D eigenvalue weighted by atomic mass is 35.5. The zero-order valence-corrected chi connectivity index (χ0v) is 12.2. The quantitative estimate of drug-likeness (QED) is 0.897. The van der Waals surface area contributed by atoms with E-state index in [1.54, 1.807) is 0 Å². The molecule has 3 rings (SSSR count). The van der Waals surface area contributed by atoms with E-state index in [4.69, 9.17) is 11.6 Å². The van der Waals surface area contributed by atoms with Crippen LogP contribution in [0.1, 0.15) is 44.1 Å². The second kappa shape index (κ2) is 5.05. The molecule has 3 nitrogen and oxygen atoms in total. The average molecular weight is 294 g/mol. The first-order valence-electron chi connectivity index (χ1n) is 7.31. The van der Waals surface area contributed by atoms with Gasteiger partial charge in [-0.15, -0.1) is 0 Å². The van der Waals surface area contributed by atoms with Crippen molar-refractivity contribution in [1.29, 1.82) is 0 Å².